The molecule has 0 unspecified atom stereocenters. The van der Waals surface area contributed by atoms with Gasteiger partial charge in [-0.2, -0.15) is 0 Å². The molecule has 1 aliphatic rings. The van der Waals surface area contributed by atoms with Crippen LogP contribution in [0, 0.1) is 0 Å². The third-order valence-corrected chi connectivity index (χ3v) is 6.08. The van der Waals surface area contributed by atoms with Crippen LogP contribution in [0.2, 0.25) is 0 Å². The number of nitrogens with one attached hydrogen (secondary N) is 1. The lowest BCUT2D eigenvalue weighted by atomic mass is 9.80. The lowest BCUT2D eigenvalue weighted by Gasteiger charge is -2.36. The van der Waals surface area contributed by atoms with Crippen molar-refractivity contribution in [2.75, 3.05) is 17.8 Å². The fourth-order valence-electron chi connectivity index (χ4n) is 2.47. The molecule has 0 aromatic heterocycles. The van der Waals surface area contributed by atoms with E-state index in [0.717, 1.165) is 25.5 Å². The van der Waals surface area contributed by atoms with Crippen molar-refractivity contribution in [2.24, 2.45) is 0 Å². The number of sulfone groups is 1. The van der Waals surface area contributed by atoms with Gasteiger partial charge in [0, 0.05) is 11.8 Å². The minimum Gasteiger partial charge on any atom is -0.481 e. The first kappa shape index (κ1) is 17.4. The zero-order valence-corrected chi connectivity index (χ0v) is 13.1. The van der Waals surface area contributed by atoms with Crippen LogP contribution in [0.15, 0.2) is 0 Å². The summed E-state index contributed by atoms with van der Waals surface area (Å²) in [6.45, 7) is 0. The van der Waals surface area contributed by atoms with Crippen molar-refractivity contribution in [1.29, 1.82) is 0 Å². The molecule has 0 aromatic rings. The Kier molecular flexibility index (Phi) is 5.56. The highest BCUT2D eigenvalue weighted by molar-refractivity contribution is 7.93. The summed E-state index contributed by atoms with van der Waals surface area (Å²) in [6, 6.07) is 0. The van der Waals surface area contributed by atoms with Crippen LogP contribution in [0.4, 0.5) is 0 Å². The molecule has 0 bridgehead atoms. The fraction of sp³-hybridized carbons (Fsp3) is 0.909. The summed E-state index contributed by atoms with van der Waals surface area (Å²) >= 11 is 0. The summed E-state index contributed by atoms with van der Waals surface area (Å²) in [5, 5.41) is 8.96. The summed E-state index contributed by atoms with van der Waals surface area (Å²) < 4.78 is 48.4. The second-order valence-corrected chi connectivity index (χ2v) is 9.56. The van der Waals surface area contributed by atoms with Crippen molar-refractivity contribution in [1.82, 2.24) is 4.72 Å². The molecule has 0 saturated heterocycles. The number of carbonyl (C=O) groups is 1. The highest BCUT2D eigenvalue weighted by atomic mass is 32.2. The second kappa shape index (κ2) is 6.40. The van der Waals surface area contributed by atoms with E-state index in [1.165, 1.54) is 0 Å². The van der Waals surface area contributed by atoms with Crippen molar-refractivity contribution < 1.29 is 26.7 Å². The van der Waals surface area contributed by atoms with E-state index in [4.69, 9.17) is 5.11 Å². The van der Waals surface area contributed by atoms with Crippen LogP contribution in [0.5, 0.6) is 0 Å². The quantitative estimate of drug-likeness (QED) is 0.686. The molecule has 0 aliphatic heterocycles. The Hall–Kier alpha value is -0.670. The van der Waals surface area contributed by atoms with Crippen LogP contribution >= 0.6 is 0 Å². The second-order valence-electron chi connectivity index (χ2n) is 5.46. The Morgan fingerprint density at radius 3 is 2.10 bits per heavy atom. The van der Waals surface area contributed by atoms with Crippen molar-refractivity contribution in [3.05, 3.63) is 0 Å². The van der Waals surface area contributed by atoms with Crippen LogP contribution in [0.25, 0.3) is 0 Å². The van der Waals surface area contributed by atoms with E-state index < -0.39 is 42.9 Å². The van der Waals surface area contributed by atoms with Gasteiger partial charge in [0.25, 0.3) is 0 Å². The van der Waals surface area contributed by atoms with Gasteiger partial charge in [-0.05, 0) is 12.8 Å². The maximum atomic E-state index is 12.0. The number of carboxylic acid groups (broad SMARTS) is 1. The zero-order chi connectivity index (χ0) is 15.4. The van der Waals surface area contributed by atoms with Gasteiger partial charge in [0.05, 0.1) is 17.9 Å². The number of hydrogen-bond donors (Lipinski definition) is 2. The summed E-state index contributed by atoms with van der Waals surface area (Å²) in [5.74, 6) is -2.06. The number of hydrogen-bond acceptors (Lipinski definition) is 5. The Labute approximate surface area is 119 Å². The summed E-state index contributed by atoms with van der Waals surface area (Å²) in [5.41, 5.74) is -0.972. The van der Waals surface area contributed by atoms with Crippen molar-refractivity contribution in [3.8, 4) is 0 Å². The molecule has 1 fully saturated rings. The van der Waals surface area contributed by atoms with E-state index in [-0.39, 0.29) is 6.42 Å². The number of carboxylic acids is 1. The van der Waals surface area contributed by atoms with Crippen molar-refractivity contribution >= 4 is 25.8 Å². The molecule has 1 rings (SSSR count). The topological polar surface area (TPSA) is 118 Å². The molecular weight excluding hydrogens is 306 g/mol. The minimum atomic E-state index is -3.81. The van der Waals surface area contributed by atoms with Gasteiger partial charge >= 0.3 is 5.97 Å². The monoisotopic (exact) mass is 327 g/mol. The van der Waals surface area contributed by atoms with Crippen LogP contribution in [0.3, 0.4) is 0 Å². The molecule has 0 spiro atoms. The molecule has 0 atom stereocenters. The van der Waals surface area contributed by atoms with E-state index >= 15 is 0 Å². The summed E-state index contributed by atoms with van der Waals surface area (Å²) in [7, 11) is -7.19. The standard InChI is InChI=1S/C11H21NO6S2/c1-19(15,16)7-8-20(17,18)12-11(9-10(13)14)5-3-2-4-6-11/h12H,2-9H2,1H3,(H,13,14). The highest BCUT2D eigenvalue weighted by Gasteiger charge is 2.38. The van der Waals surface area contributed by atoms with Gasteiger partial charge in [-0.1, -0.05) is 19.3 Å². The average molecular weight is 327 g/mol. The average Bonchev–Trinajstić information content (AvgIpc) is 2.25. The fourth-order valence-corrected chi connectivity index (χ4v) is 5.60. The molecule has 0 amide bonds. The van der Waals surface area contributed by atoms with Gasteiger partial charge in [0.15, 0.2) is 0 Å². The molecule has 1 aliphatic carbocycles. The molecule has 20 heavy (non-hydrogen) atoms. The van der Waals surface area contributed by atoms with Gasteiger partial charge in [0.2, 0.25) is 10.0 Å². The molecule has 9 heteroatoms. The summed E-state index contributed by atoms with van der Waals surface area (Å²) in [6.07, 6.45) is 4.12. The zero-order valence-electron chi connectivity index (χ0n) is 11.5. The van der Waals surface area contributed by atoms with Gasteiger partial charge in [-0.15, -0.1) is 0 Å². The SMILES string of the molecule is CS(=O)(=O)CCS(=O)(=O)NC1(CC(=O)O)CCCCC1. The van der Waals surface area contributed by atoms with Gasteiger partial charge < -0.3 is 5.11 Å². The Bertz CT molecular complexity index is 545. The molecular formula is C11H21NO6S2. The summed E-state index contributed by atoms with van der Waals surface area (Å²) in [4.78, 5) is 10.9. The van der Waals surface area contributed by atoms with Gasteiger partial charge in [-0.3, -0.25) is 4.79 Å². The van der Waals surface area contributed by atoms with Crippen LogP contribution in [-0.4, -0.2) is 51.2 Å². The Morgan fingerprint density at radius 2 is 1.65 bits per heavy atom. The smallest absolute Gasteiger partial charge is 0.305 e. The van der Waals surface area contributed by atoms with E-state index in [1.54, 1.807) is 0 Å². The third-order valence-electron chi connectivity index (χ3n) is 3.40. The van der Waals surface area contributed by atoms with E-state index in [1.807, 2.05) is 0 Å². The highest BCUT2D eigenvalue weighted by Crippen LogP contribution is 2.31. The maximum Gasteiger partial charge on any atom is 0.305 e. The predicted molar refractivity (Wildman–Crippen MR) is 74.7 cm³/mol. The molecule has 0 radical (unpaired) electrons. The van der Waals surface area contributed by atoms with Crippen LogP contribution in [0.1, 0.15) is 38.5 Å². The third kappa shape index (κ3) is 6.19. The first-order chi connectivity index (χ1) is 9.04. The van der Waals surface area contributed by atoms with Crippen molar-refractivity contribution in [2.45, 2.75) is 44.1 Å². The van der Waals surface area contributed by atoms with Crippen LogP contribution in [-0.2, 0) is 24.7 Å². The molecule has 118 valence electrons. The lowest BCUT2D eigenvalue weighted by Crippen LogP contribution is -2.52. The Balaban J connectivity index is 2.80. The van der Waals surface area contributed by atoms with E-state index in [0.29, 0.717) is 12.8 Å². The largest absolute Gasteiger partial charge is 0.481 e. The maximum absolute atomic E-state index is 12.0. The molecule has 1 saturated carbocycles. The normalized spacial score (nSPS) is 19.6. The van der Waals surface area contributed by atoms with E-state index in [2.05, 4.69) is 4.72 Å². The molecule has 0 aromatic carbocycles. The van der Waals surface area contributed by atoms with Gasteiger partial charge in [0.1, 0.15) is 9.84 Å². The number of aliphatic carboxylic acids is 1. The first-order valence-corrected chi connectivity index (χ1v) is 10.2. The molecule has 2 N–H and O–H groups in total. The molecule has 7 nitrogen and oxygen atoms in total. The molecule has 0 heterocycles. The van der Waals surface area contributed by atoms with E-state index in [9.17, 15) is 21.6 Å². The lowest BCUT2D eigenvalue weighted by molar-refractivity contribution is -0.138. The number of sulfonamides is 1. The minimum absolute atomic E-state index is 0.273. The van der Waals surface area contributed by atoms with Crippen LogP contribution < -0.4 is 4.72 Å². The Morgan fingerprint density at radius 1 is 1.10 bits per heavy atom. The van der Waals surface area contributed by atoms with Gasteiger partial charge in [-0.25, -0.2) is 21.6 Å². The van der Waals surface area contributed by atoms with Crippen molar-refractivity contribution in [3.63, 3.8) is 0 Å². The first-order valence-electron chi connectivity index (χ1n) is 6.45. The number of rotatable bonds is 7. The predicted octanol–water partition coefficient (Wildman–Crippen LogP) is 0.128.